The summed E-state index contributed by atoms with van der Waals surface area (Å²) in [6, 6.07) is 6.05. The maximum absolute atomic E-state index is 13.6. The first kappa shape index (κ1) is 23.5. The van der Waals surface area contributed by atoms with E-state index in [1.165, 1.54) is 38.9 Å². The Labute approximate surface area is 205 Å². The number of ether oxygens (including phenoxy) is 1. The van der Waals surface area contributed by atoms with Gasteiger partial charge in [-0.25, -0.2) is 19.3 Å². The fourth-order valence-electron chi connectivity index (χ4n) is 3.95. The molecule has 0 aliphatic heterocycles. The van der Waals surface area contributed by atoms with Gasteiger partial charge in [-0.3, -0.25) is 9.48 Å². The third kappa shape index (κ3) is 6.04. The number of alkyl halides is 1. The van der Waals surface area contributed by atoms with Crippen LogP contribution in [0.3, 0.4) is 0 Å². The molecule has 0 atom stereocenters. The number of aromatic nitrogens is 5. The van der Waals surface area contributed by atoms with E-state index in [0.29, 0.717) is 28.8 Å². The third-order valence-electron chi connectivity index (χ3n) is 5.73. The summed E-state index contributed by atoms with van der Waals surface area (Å²) < 4.78 is 21.2. The fraction of sp³-hybridized carbons (Fsp3) is 0.435. The predicted octanol–water partition coefficient (Wildman–Crippen LogP) is 4.12. The van der Waals surface area contributed by atoms with Crippen LogP contribution < -0.4 is 10.1 Å². The number of rotatable bonds is 7. The minimum Gasteiger partial charge on any atom is -0.494 e. The van der Waals surface area contributed by atoms with Crippen LogP contribution in [0.1, 0.15) is 47.6 Å². The molecule has 8 nitrogen and oxygen atoms in total. The zero-order chi connectivity index (χ0) is 23.4. The van der Waals surface area contributed by atoms with Crippen molar-refractivity contribution >= 4 is 28.5 Å². The van der Waals surface area contributed by atoms with Crippen molar-refractivity contribution in [2.45, 2.75) is 49.6 Å². The van der Waals surface area contributed by atoms with Gasteiger partial charge in [0, 0.05) is 17.0 Å². The lowest BCUT2D eigenvalue weighted by Crippen LogP contribution is -2.24. The minimum atomic E-state index is -0.451. The van der Waals surface area contributed by atoms with E-state index in [2.05, 4.69) is 48.0 Å². The van der Waals surface area contributed by atoms with Crippen LogP contribution in [0.5, 0.6) is 5.75 Å². The highest BCUT2D eigenvalue weighted by molar-refractivity contribution is 14.1. The van der Waals surface area contributed by atoms with E-state index in [4.69, 9.17) is 4.74 Å². The van der Waals surface area contributed by atoms with Crippen LogP contribution in [-0.2, 0) is 13.1 Å². The Morgan fingerprint density at radius 2 is 2.03 bits per heavy atom. The van der Waals surface area contributed by atoms with E-state index in [1.54, 1.807) is 31.5 Å². The molecular weight excluding hydrogens is 538 g/mol. The molecule has 1 aliphatic carbocycles. The molecule has 174 valence electrons. The van der Waals surface area contributed by atoms with E-state index >= 15 is 0 Å². The Balaban J connectivity index is 1.43. The van der Waals surface area contributed by atoms with E-state index in [9.17, 15) is 9.18 Å². The van der Waals surface area contributed by atoms with Crippen molar-refractivity contribution < 1.29 is 13.9 Å². The van der Waals surface area contributed by atoms with Crippen LogP contribution in [0.4, 0.5) is 4.39 Å². The van der Waals surface area contributed by atoms with Gasteiger partial charge in [0.05, 0.1) is 7.11 Å². The average molecular weight is 564 g/mol. The van der Waals surface area contributed by atoms with Gasteiger partial charge in [0.2, 0.25) is 0 Å². The first-order valence-electron chi connectivity index (χ1n) is 10.9. The predicted molar refractivity (Wildman–Crippen MR) is 130 cm³/mol. The zero-order valence-corrected chi connectivity index (χ0v) is 20.8. The maximum Gasteiger partial charge on any atom is 0.270 e. The Hall–Kier alpha value is -2.63. The van der Waals surface area contributed by atoms with Crippen LogP contribution in [0, 0.1) is 18.7 Å². The summed E-state index contributed by atoms with van der Waals surface area (Å²) >= 11 is 2.53. The molecule has 1 saturated carbocycles. The smallest absolute Gasteiger partial charge is 0.270 e. The number of carbonyl (C=O) groups is 1. The molecule has 0 bridgehead atoms. The molecule has 33 heavy (non-hydrogen) atoms. The van der Waals surface area contributed by atoms with Crippen molar-refractivity contribution in [2.75, 3.05) is 7.11 Å². The molecule has 2 heterocycles. The minimum absolute atomic E-state index is 0.130. The number of nitrogens with zero attached hydrogens (tertiary/aromatic N) is 5. The van der Waals surface area contributed by atoms with Crippen molar-refractivity contribution in [3.63, 3.8) is 0 Å². The molecule has 1 amide bonds. The molecule has 1 aliphatic rings. The molecule has 1 N–H and O–H groups in total. The van der Waals surface area contributed by atoms with Crippen LogP contribution >= 0.6 is 22.6 Å². The van der Waals surface area contributed by atoms with Gasteiger partial charge in [-0.05, 0) is 62.3 Å². The third-order valence-corrected chi connectivity index (χ3v) is 6.97. The number of aryl methyl sites for hydroxylation is 1. The number of nitrogens with one attached hydrogen (secondary N) is 1. The standard InChI is InChI=1S/C23H26FIN6O2/c1-14-28-19(22-27-13-31(30-22)12-15-3-6-17(25)7-4-15)10-20(29-14)23(32)26-11-16-5-8-18(24)21(9-16)33-2/h5,8-10,13,15,17H,3-4,6-7,11-12H2,1-2H3,(H,26,32)/t15-,17-. The molecule has 0 unspecified atom stereocenters. The first-order valence-corrected chi connectivity index (χ1v) is 12.2. The molecule has 0 saturated heterocycles. The lowest BCUT2D eigenvalue weighted by atomic mass is 9.89. The number of halogens is 2. The quantitative estimate of drug-likeness (QED) is 0.343. The van der Waals surface area contributed by atoms with Gasteiger partial charge >= 0.3 is 0 Å². The Kier molecular flexibility index (Phi) is 7.51. The van der Waals surface area contributed by atoms with Gasteiger partial charge in [-0.15, -0.1) is 5.10 Å². The second-order valence-electron chi connectivity index (χ2n) is 8.25. The van der Waals surface area contributed by atoms with Crippen molar-refractivity contribution in [2.24, 2.45) is 5.92 Å². The van der Waals surface area contributed by atoms with Crippen molar-refractivity contribution in [1.82, 2.24) is 30.0 Å². The van der Waals surface area contributed by atoms with Crippen LogP contribution in [0.2, 0.25) is 0 Å². The largest absolute Gasteiger partial charge is 0.494 e. The summed E-state index contributed by atoms with van der Waals surface area (Å²) in [5.74, 6) is 0.863. The molecule has 0 radical (unpaired) electrons. The van der Waals surface area contributed by atoms with E-state index in [-0.39, 0.29) is 23.9 Å². The van der Waals surface area contributed by atoms with Gasteiger partial charge in [0.25, 0.3) is 5.91 Å². The molecule has 2 aromatic heterocycles. The summed E-state index contributed by atoms with van der Waals surface area (Å²) in [5.41, 5.74) is 1.44. The summed E-state index contributed by atoms with van der Waals surface area (Å²) in [6.07, 6.45) is 6.64. The van der Waals surface area contributed by atoms with Gasteiger partial charge in [0.15, 0.2) is 17.4 Å². The fourth-order valence-corrected chi connectivity index (χ4v) is 4.67. The second kappa shape index (κ2) is 10.5. The number of benzene rings is 1. The number of methoxy groups -OCH3 is 1. The molecule has 3 aromatic rings. The Morgan fingerprint density at radius 3 is 2.79 bits per heavy atom. The number of hydrogen-bond acceptors (Lipinski definition) is 6. The average Bonchev–Trinajstić information content (AvgIpc) is 3.28. The highest BCUT2D eigenvalue weighted by atomic mass is 127. The lowest BCUT2D eigenvalue weighted by molar-refractivity contribution is 0.0945. The Morgan fingerprint density at radius 1 is 1.24 bits per heavy atom. The van der Waals surface area contributed by atoms with E-state index in [0.717, 1.165) is 10.5 Å². The number of amides is 1. The molecule has 0 spiro atoms. The summed E-state index contributed by atoms with van der Waals surface area (Å²) in [5, 5.41) is 7.39. The highest BCUT2D eigenvalue weighted by Gasteiger charge is 2.20. The highest BCUT2D eigenvalue weighted by Crippen LogP contribution is 2.30. The number of carbonyl (C=O) groups excluding carboxylic acids is 1. The molecule has 1 aromatic carbocycles. The molecule has 1 fully saturated rings. The molecule has 4 rings (SSSR count). The van der Waals surface area contributed by atoms with Crippen LogP contribution in [0.25, 0.3) is 11.5 Å². The Bertz CT molecular complexity index is 1130. The topological polar surface area (TPSA) is 94.8 Å². The van der Waals surface area contributed by atoms with Crippen LogP contribution in [-0.4, -0.2) is 41.7 Å². The zero-order valence-electron chi connectivity index (χ0n) is 18.6. The number of hydrogen-bond donors (Lipinski definition) is 1. The van der Waals surface area contributed by atoms with Crippen molar-refractivity contribution in [3.8, 4) is 17.3 Å². The summed E-state index contributed by atoms with van der Waals surface area (Å²) in [7, 11) is 1.40. The van der Waals surface area contributed by atoms with E-state index < -0.39 is 5.82 Å². The van der Waals surface area contributed by atoms with Crippen molar-refractivity contribution in [3.05, 3.63) is 53.5 Å². The second-order valence-corrected chi connectivity index (χ2v) is 10.0. The van der Waals surface area contributed by atoms with Crippen molar-refractivity contribution in [1.29, 1.82) is 0 Å². The lowest BCUT2D eigenvalue weighted by Gasteiger charge is -2.24. The van der Waals surface area contributed by atoms with Gasteiger partial charge in [0.1, 0.15) is 23.5 Å². The molecule has 10 heteroatoms. The SMILES string of the molecule is COc1cc(CNC(=O)c2cc(-c3ncn(C[C@H]4CC[C@H](I)CC4)n3)nc(C)n2)ccc1F. The normalized spacial score (nSPS) is 18.2. The van der Waals surface area contributed by atoms with Gasteiger partial charge in [-0.2, -0.15) is 0 Å². The summed E-state index contributed by atoms with van der Waals surface area (Å²) in [4.78, 5) is 25.8. The maximum atomic E-state index is 13.6. The first-order chi connectivity index (χ1) is 15.9. The van der Waals surface area contributed by atoms with Gasteiger partial charge in [-0.1, -0.05) is 28.7 Å². The van der Waals surface area contributed by atoms with Crippen LogP contribution in [0.15, 0.2) is 30.6 Å². The van der Waals surface area contributed by atoms with Gasteiger partial charge < -0.3 is 10.1 Å². The van der Waals surface area contributed by atoms with E-state index in [1.807, 2.05) is 4.68 Å². The monoisotopic (exact) mass is 564 g/mol. The molecular formula is C23H26FIN6O2. The summed E-state index contributed by atoms with van der Waals surface area (Å²) in [6.45, 7) is 2.78.